The maximum Gasteiger partial charge on any atom is 0.278 e. The van der Waals surface area contributed by atoms with Gasteiger partial charge in [0.15, 0.2) is 12.3 Å². The average Bonchev–Trinajstić information content (AvgIpc) is 3.28. The molecule has 2 aromatic heterocycles. The standard InChI is InChI=1S/C20H21FN2O2S/c1-15-4-9-19(26-15)14-23(13-16-5-7-17(21)8-6-16)20(24)12-22-11-18-3-2-10-25-18/h2-10,22H,11-14H2,1H3/p+1. The monoisotopic (exact) mass is 373 g/mol. The second-order valence-corrected chi connectivity index (χ2v) is 7.54. The molecule has 2 heterocycles. The lowest BCUT2D eigenvalue weighted by atomic mass is 10.2. The topological polar surface area (TPSA) is 50.1 Å². The minimum Gasteiger partial charge on any atom is -0.463 e. The first kappa shape index (κ1) is 18.4. The predicted molar refractivity (Wildman–Crippen MR) is 98.9 cm³/mol. The molecule has 0 unspecified atom stereocenters. The van der Waals surface area contributed by atoms with Crippen molar-refractivity contribution in [2.24, 2.45) is 0 Å². The van der Waals surface area contributed by atoms with Crippen LogP contribution >= 0.6 is 11.3 Å². The number of furan rings is 1. The molecule has 0 bridgehead atoms. The Labute approximate surface area is 156 Å². The number of quaternary nitrogens is 1. The highest BCUT2D eigenvalue weighted by Gasteiger charge is 2.17. The van der Waals surface area contributed by atoms with Gasteiger partial charge in [0.05, 0.1) is 12.8 Å². The summed E-state index contributed by atoms with van der Waals surface area (Å²) in [6.07, 6.45) is 1.63. The summed E-state index contributed by atoms with van der Waals surface area (Å²) in [5.41, 5.74) is 0.916. The number of halogens is 1. The van der Waals surface area contributed by atoms with E-state index in [1.54, 1.807) is 29.7 Å². The summed E-state index contributed by atoms with van der Waals surface area (Å²) in [4.78, 5) is 16.9. The number of nitrogens with two attached hydrogens (primary N) is 1. The van der Waals surface area contributed by atoms with E-state index in [0.717, 1.165) is 16.2 Å². The van der Waals surface area contributed by atoms with Gasteiger partial charge in [0.25, 0.3) is 5.91 Å². The number of nitrogens with zero attached hydrogens (tertiary/aromatic N) is 1. The number of hydrogen-bond donors (Lipinski definition) is 1. The van der Waals surface area contributed by atoms with Crippen molar-refractivity contribution >= 4 is 17.2 Å². The summed E-state index contributed by atoms with van der Waals surface area (Å²) >= 11 is 1.69. The van der Waals surface area contributed by atoms with Crippen LogP contribution in [0.25, 0.3) is 0 Å². The van der Waals surface area contributed by atoms with E-state index in [1.165, 1.54) is 17.0 Å². The average molecular weight is 373 g/mol. The number of carbonyl (C=O) groups is 1. The zero-order valence-electron chi connectivity index (χ0n) is 14.7. The molecule has 0 saturated carbocycles. The predicted octanol–water partition coefficient (Wildman–Crippen LogP) is 3.08. The van der Waals surface area contributed by atoms with Crippen LogP contribution < -0.4 is 5.32 Å². The van der Waals surface area contributed by atoms with Crippen LogP contribution in [0.2, 0.25) is 0 Å². The fourth-order valence-corrected chi connectivity index (χ4v) is 3.60. The van der Waals surface area contributed by atoms with Gasteiger partial charge in [0, 0.05) is 16.3 Å². The first-order valence-electron chi connectivity index (χ1n) is 8.52. The normalized spacial score (nSPS) is 10.8. The van der Waals surface area contributed by atoms with E-state index < -0.39 is 0 Å². The van der Waals surface area contributed by atoms with E-state index in [1.807, 2.05) is 22.3 Å². The van der Waals surface area contributed by atoms with Gasteiger partial charge in [-0.05, 0) is 48.9 Å². The van der Waals surface area contributed by atoms with Crippen molar-refractivity contribution in [1.82, 2.24) is 4.90 Å². The first-order valence-corrected chi connectivity index (χ1v) is 9.33. The number of rotatable bonds is 8. The van der Waals surface area contributed by atoms with Crippen molar-refractivity contribution in [3.63, 3.8) is 0 Å². The van der Waals surface area contributed by atoms with Gasteiger partial charge in [-0.15, -0.1) is 11.3 Å². The Morgan fingerprint density at radius 3 is 2.62 bits per heavy atom. The summed E-state index contributed by atoms with van der Waals surface area (Å²) in [6.45, 7) is 4.04. The van der Waals surface area contributed by atoms with Gasteiger partial charge in [-0.25, -0.2) is 4.39 Å². The molecule has 0 saturated heterocycles. The van der Waals surface area contributed by atoms with Crippen LogP contribution in [0.4, 0.5) is 4.39 Å². The van der Waals surface area contributed by atoms with Crippen LogP contribution in [0, 0.1) is 12.7 Å². The van der Waals surface area contributed by atoms with E-state index in [2.05, 4.69) is 19.1 Å². The number of aryl methyl sites for hydroxylation is 1. The Morgan fingerprint density at radius 1 is 1.15 bits per heavy atom. The first-order chi connectivity index (χ1) is 12.6. The van der Waals surface area contributed by atoms with Crippen LogP contribution in [0.5, 0.6) is 0 Å². The summed E-state index contributed by atoms with van der Waals surface area (Å²) in [6, 6.07) is 14.1. The molecule has 2 N–H and O–H groups in total. The molecule has 136 valence electrons. The molecule has 0 aliphatic rings. The lowest BCUT2D eigenvalue weighted by molar-refractivity contribution is -0.662. The molecule has 3 rings (SSSR count). The molecule has 0 aliphatic carbocycles. The van der Waals surface area contributed by atoms with Crippen molar-refractivity contribution in [3.05, 3.63) is 81.7 Å². The minimum absolute atomic E-state index is 0.0481. The number of thiophene rings is 1. The van der Waals surface area contributed by atoms with E-state index in [-0.39, 0.29) is 11.7 Å². The van der Waals surface area contributed by atoms with Crippen LogP contribution in [0.1, 0.15) is 21.1 Å². The summed E-state index contributed by atoms with van der Waals surface area (Å²) in [5, 5.41) is 1.93. The van der Waals surface area contributed by atoms with Gasteiger partial charge >= 0.3 is 0 Å². The van der Waals surface area contributed by atoms with Gasteiger partial charge in [-0.3, -0.25) is 4.79 Å². The van der Waals surface area contributed by atoms with Crippen LogP contribution in [0.15, 0.2) is 59.2 Å². The van der Waals surface area contributed by atoms with E-state index in [4.69, 9.17) is 4.42 Å². The second kappa shape index (κ2) is 8.78. The molecule has 1 amide bonds. The zero-order valence-corrected chi connectivity index (χ0v) is 15.5. The van der Waals surface area contributed by atoms with Crippen molar-refractivity contribution in [1.29, 1.82) is 0 Å². The van der Waals surface area contributed by atoms with Crippen LogP contribution in [-0.2, 0) is 24.4 Å². The highest BCUT2D eigenvalue weighted by molar-refractivity contribution is 7.11. The van der Waals surface area contributed by atoms with E-state index in [9.17, 15) is 9.18 Å². The molecule has 26 heavy (non-hydrogen) atoms. The molecule has 0 aliphatic heterocycles. The van der Waals surface area contributed by atoms with Crippen molar-refractivity contribution < 1.29 is 18.9 Å². The smallest absolute Gasteiger partial charge is 0.278 e. The lowest BCUT2D eigenvalue weighted by Crippen LogP contribution is -2.85. The largest absolute Gasteiger partial charge is 0.463 e. The fourth-order valence-electron chi connectivity index (χ4n) is 2.70. The minimum atomic E-state index is -0.271. The Bertz CT molecular complexity index is 828. The molecular formula is C20H22FN2O2S+. The number of amides is 1. The van der Waals surface area contributed by atoms with Crippen LogP contribution in [-0.4, -0.2) is 17.4 Å². The molecular weight excluding hydrogens is 351 g/mol. The number of hydrogen-bond acceptors (Lipinski definition) is 3. The molecule has 1 aromatic carbocycles. The third kappa shape index (κ3) is 5.28. The lowest BCUT2D eigenvalue weighted by Gasteiger charge is -2.21. The van der Waals surface area contributed by atoms with Gasteiger partial charge in [0.1, 0.15) is 12.4 Å². The fraction of sp³-hybridized carbons (Fsp3) is 0.250. The summed E-state index contributed by atoms with van der Waals surface area (Å²) in [7, 11) is 0. The van der Waals surface area contributed by atoms with Crippen molar-refractivity contribution in [3.8, 4) is 0 Å². The van der Waals surface area contributed by atoms with Crippen LogP contribution in [0.3, 0.4) is 0 Å². The Kier molecular flexibility index (Phi) is 6.20. The number of benzene rings is 1. The number of carbonyl (C=O) groups excluding carboxylic acids is 1. The van der Waals surface area contributed by atoms with Gasteiger partial charge < -0.3 is 14.6 Å². The van der Waals surface area contributed by atoms with Gasteiger partial charge in [0.2, 0.25) is 0 Å². The molecule has 0 radical (unpaired) electrons. The molecule has 6 heteroatoms. The molecule has 3 aromatic rings. The van der Waals surface area contributed by atoms with E-state index >= 15 is 0 Å². The Morgan fingerprint density at radius 2 is 1.96 bits per heavy atom. The Hall–Kier alpha value is -2.44. The summed E-state index contributed by atoms with van der Waals surface area (Å²) < 4.78 is 18.4. The second-order valence-electron chi connectivity index (χ2n) is 6.16. The van der Waals surface area contributed by atoms with Crippen molar-refractivity contribution in [2.45, 2.75) is 26.6 Å². The molecule has 0 spiro atoms. The Balaban J connectivity index is 1.64. The quantitative estimate of drug-likeness (QED) is 0.660. The highest BCUT2D eigenvalue weighted by Crippen LogP contribution is 2.18. The third-order valence-electron chi connectivity index (χ3n) is 4.03. The van der Waals surface area contributed by atoms with Gasteiger partial charge in [-0.1, -0.05) is 12.1 Å². The maximum absolute atomic E-state index is 13.1. The third-order valence-corrected chi connectivity index (χ3v) is 5.01. The van der Waals surface area contributed by atoms with Gasteiger partial charge in [-0.2, -0.15) is 0 Å². The SMILES string of the molecule is Cc1ccc(CN(Cc2ccc(F)cc2)C(=O)C[NH2+]Cc2ccco2)s1. The maximum atomic E-state index is 13.1. The van der Waals surface area contributed by atoms with Crippen molar-refractivity contribution in [2.75, 3.05) is 6.54 Å². The van der Waals surface area contributed by atoms with E-state index in [0.29, 0.717) is 26.2 Å². The highest BCUT2D eigenvalue weighted by atomic mass is 32.1. The molecule has 4 nitrogen and oxygen atoms in total. The molecule has 0 fully saturated rings. The molecule has 0 atom stereocenters. The zero-order chi connectivity index (χ0) is 18.4. The summed E-state index contributed by atoms with van der Waals surface area (Å²) in [5.74, 6) is 0.621.